The molecule has 2 heterocycles. The van der Waals surface area contributed by atoms with E-state index in [2.05, 4.69) is 31.4 Å². The summed E-state index contributed by atoms with van der Waals surface area (Å²) < 4.78 is 0.990. The Bertz CT molecular complexity index is 872. The van der Waals surface area contributed by atoms with Gasteiger partial charge in [-0.1, -0.05) is 18.2 Å². The van der Waals surface area contributed by atoms with Crippen molar-refractivity contribution in [3.8, 4) is 0 Å². The summed E-state index contributed by atoms with van der Waals surface area (Å²) in [6.45, 7) is 0.421. The van der Waals surface area contributed by atoms with Gasteiger partial charge >= 0.3 is 0 Å². The van der Waals surface area contributed by atoms with E-state index < -0.39 is 0 Å². The lowest BCUT2D eigenvalue weighted by Crippen LogP contribution is -2.25. The molecule has 3 rings (SSSR count). The fourth-order valence-electron chi connectivity index (χ4n) is 1.99. The average molecular weight is 364 g/mol. The Kier molecular flexibility index (Phi) is 3.85. The molecule has 3 aromatic rings. The summed E-state index contributed by atoms with van der Waals surface area (Å²) >= 11 is 4.92. The lowest BCUT2D eigenvalue weighted by atomic mass is 10.1. The van der Waals surface area contributed by atoms with Crippen molar-refractivity contribution >= 4 is 43.9 Å². The molecule has 1 aromatic carbocycles. The highest BCUT2D eigenvalue weighted by atomic mass is 79.9. The lowest BCUT2D eigenvalue weighted by Gasteiger charge is -2.05. The van der Waals surface area contributed by atoms with E-state index in [1.165, 1.54) is 0 Å². The van der Waals surface area contributed by atoms with Gasteiger partial charge in [0.25, 0.3) is 11.5 Å². The van der Waals surface area contributed by atoms with Crippen LogP contribution < -0.4 is 10.9 Å². The molecule has 21 heavy (non-hydrogen) atoms. The fraction of sp³-hybridized carbons (Fsp3) is 0.0714. The Morgan fingerprint density at radius 3 is 2.81 bits per heavy atom. The molecule has 0 radical (unpaired) electrons. The maximum absolute atomic E-state index is 12.2. The normalized spacial score (nSPS) is 10.7. The van der Waals surface area contributed by atoms with Crippen molar-refractivity contribution < 1.29 is 4.79 Å². The first-order valence-electron chi connectivity index (χ1n) is 6.13. The maximum Gasteiger partial charge on any atom is 0.272 e. The summed E-state index contributed by atoms with van der Waals surface area (Å²) in [5, 5.41) is 12.0. The summed E-state index contributed by atoms with van der Waals surface area (Å²) in [7, 11) is 0. The molecule has 2 N–H and O–H groups in total. The largest absolute Gasteiger partial charge is 0.346 e. The van der Waals surface area contributed by atoms with Gasteiger partial charge in [-0.3, -0.25) is 9.59 Å². The van der Waals surface area contributed by atoms with Gasteiger partial charge in [0.2, 0.25) is 0 Å². The van der Waals surface area contributed by atoms with Crippen molar-refractivity contribution in [3.05, 3.63) is 61.1 Å². The molecule has 1 amide bonds. The number of hydrogen-bond donors (Lipinski definition) is 2. The van der Waals surface area contributed by atoms with E-state index in [0.29, 0.717) is 17.3 Å². The Morgan fingerprint density at radius 2 is 2.10 bits per heavy atom. The van der Waals surface area contributed by atoms with Crippen LogP contribution in [0.5, 0.6) is 0 Å². The van der Waals surface area contributed by atoms with E-state index in [1.54, 1.807) is 35.6 Å². The summed E-state index contributed by atoms with van der Waals surface area (Å²) in [6.07, 6.45) is 0. The first kappa shape index (κ1) is 14.0. The third kappa shape index (κ3) is 2.88. The molecule has 106 valence electrons. The molecule has 0 bridgehead atoms. The van der Waals surface area contributed by atoms with Crippen LogP contribution in [0.3, 0.4) is 0 Å². The number of nitrogens with one attached hydrogen (secondary N) is 2. The van der Waals surface area contributed by atoms with Crippen molar-refractivity contribution in [2.24, 2.45) is 0 Å². The minimum Gasteiger partial charge on any atom is -0.346 e. The van der Waals surface area contributed by atoms with Crippen LogP contribution in [0.1, 0.15) is 15.4 Å². The van der Waals surface area contributed by atoms with Crippen molar-refractivity contribution in [3.63, 3.8) is 0 Å². The molecule has 0 aliphatic carbocycles. The standard InChI is InChI=1S/C14H10BrN3O2S/c15-8-5-9(21-7-8)6-16-14(20)12-10-3-1-2-4-11(10)13(19)18-17-12/h1-5,7H,6H2,(H,16,20)(H,18,19). The predicted octanol–water partition coefficient (Wildman–Crippen LogP) is 2.68. The number of fused-ring (bicyclic) bond motifs is 1. The van der Waals surface area contributed by atoms with Gasteiger partial charge in [0.05, 0.1) is 11.9 Å². The number of amides is 1. The molecule has 2 aromatic heterocycles. The summed E-state index contributed by atoms with van der Waals surface area (Å²) in [6, 6.07) is 8.86. The second-order valence-corrected chi connectivity index (χ2v) is 6.27. The summed E-state index contributed by atoms with van der Waals surface area (Å²) in [5.41, 5.74) is -0.0786. The molecule has 0 atom stereocenters. The Balaban J connectivity index is 1.88. The zero-order valence-corrected chi connectivity index (χ0v) is 13.1. The molecular formula is C14H10BrN3O2S. The van der Waals surface area contributed by atoms with Crippen molar-refractivity contribution in [1.82, 2.24) is 15.5 Å². The number of halogens is 1. The number of benzene rings is 1. The van der Waals surface area contributed by atoms with Crippen molar-refractivity contribution in [1.29, 1.82) is 0 Å². The van der Waals surface area contributed by atoms with Gasteiger partial charge in [-0.15, -0.1) is 11.3 Å². The summed E-state index contributed by atoms with van der Waals surface area (Å²) in [5.74, 6) is -0.313. The van der Waals surface area contributed by atoms with E-state index in [4.69, 9.17) is 0 Å². The van der Waals surface area contributed by atoms with Crippen molar-refractivity contribution in [2.75, 3.05) is 0 Å². The number of H-pyrrole nitrogens is 1. The predicted molar refractivity (Wildman–Crippen MR) is 85.6 cm³/mol. The highest BCUT2D eigenvalue weighted by Gasteiger charge is 2.13. The Hall–Kier alpha value is -1.99. The smallest absolute Gasteiger partial charge is 0.272 e. The Labute approximate surface area is 132 Å². The van der Waals surface area contributed by atoms with Gasteiger partial charge in [-0.2, -0.15) is 5.10 Å². The van der Waals surface area contributed by atoms with E-state index in [9.17, 15) is 9.59 Å². The van der Waals surface area contributed by atoms with Gasteiger partial charge < -0.3 is 5.32 Å². The van der Waals surface area contributed by atoms with Gasteiger partial charge in [0.15, 0.2) is 5.69 Å². The molecule has 5 nitrogen and oxygen atoms in total. The summed E-state index contributed by atoms with van der Waals surface area (Å²) in [4.78, 5) is 25.0. The van der Waals surface area contributed by atoms with Crippen LogP contribution in [0.15, 0.2) is 45.0 Å². The lowest BCUT2D eigenvalue weighted by molar-refractivity contribution is 0.0947. The number of carbonyl (C=O) groups is 1. The van der Waals surface area contributed by atoms with Crippen LogP contribution in [0.4, 0.5) is 0 Å². The van der Waals surface area contributed by atoms with Crippen LogP contribution in [0, 0.1) is 0 Å². The number of carbonyl (C=O) groups excluding carboxylic acids is 1. The number of nitrogens with zero attached hydrogens (tertiary/aromatic N) is 1. The van der Waals surface area contributed by atoms with E-state index in [0.717, 1.165) is 9.35 Å². The molecule has 0 saturated carbocycles. The SMILES string of the molecule is O=C(NCc1cc(Br)cs1)c1n[nH]c(=O)c2ccccc12. The average Bonchev–Trinajstić information content (AvgIpc) is 2.91. The molecule has 0 fully saturated rings. The minimum atomic E-state index is -0.313. The van der Waals surface area contributed by atoms with Gasteiger partial charge in [0, 0.05) is 20.1 Å². The number of thiophene rings is 1. The second-order valence-electron chi connectivity index (χ2n) is 4.36. The monoisotopic (exact) mass is 363 g/mol. The van der Waals surface area contributed by atoms with Gasteiger partial charge in [-0.05, 0) is 28.1 Å². The number of aromatic amines is 1. The number of rotatable bonds is 3. The van der Waals surface area contributed by atoms with Gasteiger partial charge in [0.1, 0.15) is 0 Å². The zero-order valence-electron chi connectivity index (χ0n) is 10.7. The zero-order chi connectivity index (χ0) is 14.8. The third-order valence-electron chi connectivity index (χ3n) is 2.96. The maximum atomic E-state index is 12.2. The van der Waals surface area contributed by atoms with Crippen LogP contribution in [0.2, 0.25) is 0 Å². The first-order chi connectivity index (χ1) is 10.1. The van der Waals surface area contributed by atoms with E-state index in [1.807, 2.05) is 11.4 Å². The molecule has 0 aliphatic heterocycles. The third-order valence-corrected chi connectivity index (χ3v) is 4.65. The molecular weight excluding hydrogens is 354 g/mol. The highest BCUT2D eigenvalue weighted by molar-refractivity contribution is 9.10. The van der Waals surface area contributed by atoms with Crippen LogP contribution >= 0.6 is 27.3 Å². The fourth-order valence-corrected chi connectivity index (χ4v) is 3.38. The molecule has 7 heteroatoms. The van der Waals surface area contributed by atoms with E-state index in [-0.39, 0.29) is 17.2 Å². The van der Waals surface area contributed by atoms with Gasteiger partial charge in [-0.25, -0.2) is 5.10 Å². The number of aromatic nitrogens is 2. The second kappa shape index (κ2) is 5.79. The highest BCUT2D eigenvalue weighted by Crippen LogP contribution is 2.19. The van der Waals surface area contributed by atoms with E-state index >= 15 is 0 Å². The minimum absolute atomic E-state index is 0.223. The van der Waals surface area contributed by atoms with Crippen LogP contribution in [-0.4, -0.2) is 16.1 Å². The quantitative estimate of drug-likeness (QED) is 0.750. The topological polar surface area (TPSA) is 74.8 Å². The first-order valence-corrected chi connectivity index (χ1v) is 7.81. The van der Waals surface area contributed by atoms with Crippen molar-refractivity contribution in [2.45, 2.75) is 6.54 Å². The molecule has 0 spiro atoms. The van der Waals surface area contributed by atoms with Crippen LogP contribution in [-0.2, 0) is 6.54 Å². The molecule has 0 saturated heterocycles. The Morgan fingerprint density at radius 1 is 1.33 bits per heavy atom. The van der Waals surface area contributed by atoms with Crippen LogP contribution in [0.25, 0.3) is 10.8 Å². The number of hydrogen-bond acceptors (Lipinski definition) is 4. The molecule has 0 unspecified atom stereocenters. The molecule has 0 aliphatic rings.